The smallest absolute Gasteiger partial charge is 0.265 e. The highest BCUT2D eigenvalue weighted by Crippen LogP contribution is 2.36. The number of carbonyl (C=O) groups excluding carboxylic acids is 1. The van der Waals surface area contributed by atoms with Crippen LogP contribution in [0.5, 0.6) is 11.5 Å². The molecule has 0 saturated heterocycles. The van der Waals surface area contributed by atoms with E-state index in [-0.39, 0.29) is 12.5 Å². The van der Waals surface area contributed by atoms with Gasteiger partial charge in [-0.25, -0.2) is 8.42 Å². The van der Waals surface area contributed by atoms with Gasteiger partial charge in [-0.05, 0) is 42.3 Å². The Morgan fingerprint density at radius 2 is 1.93 bits per heavy atom. The van der Waals surface area contributed by atoms with Crippen molar-refractivity contribution in [2.24, 2.45) is 0 Å². The summed E-state index contributed by atoms with van der Waals surface area (Å²) in [5.74, 6) is 0.846. The molecule has 0 N–H and O–H groups in total. The number of benzene rings is 2. The van der Waals surface area contributed by atoms with Gasteiger partial charge < -0.3 is 14.4 Å². The van der Waals surface area contributed by atoms with Crippen LogP contribution in [0.2, 0.25) is 0 Å². The molecule has 1 aliphatic rings. The number of amides is 1. The molecule has 0 bridgehead atoms. The summed E-state index contributed by atoms with van der Waals surface area (Å²) >= 11 is 0. The Balaban J connectivity index is 1.80. The highest BCUT2D eigenvalue weighted by Gasteiger charge is 2.36. The van der Waals surface area contributed by atoms with Crippen LogP contribution >= 0.6 is 0 Å². The topological polar surface area (TPSA) is 76.2 Å². The van der Waals surface area contributed by atoms with Crippen molar-refractivity contribution in [3.8, 4) is 11.5 Å². The summed E-state index contributed by atoms with van der Waals surface area (Å²) < 4.78 is 36.8. The lowest BCUT2D eigenvalue weighted by Gasteiger charge is -2.35. The van der Waals surface area contributed by atoms with E-state index in [9.17, 15) is 13.2 Å². The van der Waals surface area contributed by atoms with E-state index in [1.807, 2.05) is 37.3 Å². The minimum Gasteiger partial charge on any atom is -0.497 e. The van der Waals surface area contributed by atoms with Gasteiger partial charge in [0.15, 0.2) is 6.10 Å². The van der Waals surface area contributed by atoms with Crippen molar-refractivity contribution < 1.29 is 22.7 Å². The summed E-state index contributed by atoms with van der Waals surface area (Å²) in [6, 6.07) is 12.7. The molecule has 0 aliphatic carbocycles. The van der Waals surface area contributed by atoms with Crippen LogP contribution in [0.1, 0.15) is 11.1 Å². The van der Waals surface area contributed by atoms with Crippen LogP contribution in [-0.4, -0.2) is 52.3 Å². The summed E-state index contributed by atoms with van der Waals surface area (Å²) in [4.78, 5) is 14.5. The third-order valence-electron chi connectivity index (χ3n) is 4.61. The standard InChI is InChI=1S/C20H24N2O5S/c1-14-5-10-18-17(11-14)22(28(4,24)25)13-19(27-18)20(23)21(2)12-15-6-8-16(26-3)9-7-15/h5-11,19H,12-13H2,1-4H3/t19-/m0/s1. The number of fused-ring (bicyclic) bond motifs is 1. The minimum absolute atomic E-state index is 0.0545. The average molecular weight is 404 g/mol. The zero-order chi connectivity index (χ0) is 20.5. The van der Waals surface area contributed by atoms with Gasteiger partial charge in [0.05, 0.1) is 25.6 Å². The maximum Gasteiger partial charge on any atom is 0.265 e. The van der Waals surface area contributed by atoms with Gasteiger partial charge in [0.1, 0.15) is 11.5 Å². The van der Waals surface area contributed by atoms with Crippen LogP contribution in [-0.2, 0) is 21.4 Å². The number of rotatable bonds is 5. The van der Waals surface area contributed by atoms with Gasteiger partial charge in [-0.2, -0.15) is 0 Å². The molecule has 0 spiro atoms. The maximum atomic E-state index is 12.9. The van der Waals surface area contributed by atoms with Crippen molar-refractivity contribution >= 4 is 21.6 Å². The first-order chi connectivity index (χ1) is 13.2. The molecule has 0 aromatic heterocycles. The van der Waals surface area contributed by atoms with Crippen LogP contribution in [0.3, 0.4) is 0 Å². The molecule has 1 atom stereocenters. The van der Waals surface area contributed by atoms with Crippen molar-refractivity contribution in [1.82, 2.24) is 4.90 Å². The van der Waals surface area contributed by atoms with Crippen molar-refractivity contribution in [2.45, 2.75) is 19.6 Å². The number of aryl methyl sites for hydroxylation is 1. The van der Waals surface area contributed by atoms with E-state index in [0.717, 1.165) is 23.1 Å². The number of sulfonamides is 1. The predicted molar refractivity (Wildman–Crippen MR) is 107 cm³/mol. The Morgan fingerprint density at radius 1 is 1.25 bits per heavy atom. The van der Waals surface area contributed by atoms with Crippen molar-refractivity contribution in [3.63, 3.8) is 0 Å². The molecule has 7 nitrogen and oxygen atoms in total. The molecule has 2 aromatic carbocycles. The Bertz CT molecular complexity index is 973. The molecule has 0 saturated carbocycles. The number of hydrogen-bond acceptors (Lipinski definition) is 5. The lowest BCUT2D eigenvalue weighted by Crippen LogP contribution is -2.50. The van der Waals surface area contributed by atoms with E-state index in [4.69, 9.17) is 9.47 Å². The molecule has 3 rings (SSSR count). The Hall–Kier alpha value is -2.74. The molecule has 1 amide bonds. The Labute approximate surface area is 165 Å². The molecular weight excluding hydrogens is 380 g/mol. The summed E-state index contributed by atoms with van der Waals surface area (Å²) in [5, 5.41) is 0. The van der Waals surface area contributed by atoms with E-state index in [1.165, 1.54) is 9.21 Å². The lowest BCUT2D eigenvalue weighted by atomic mass is 10.1. The number of ether oxygens (including phenoxy) is 2. The normalized spacial score (nSPS) is 16.1. The van der Waals surface area contributed by atoms with Gasteiger partial charge in [-0.3, -0.25) is 9.10 Å². The molecule has 1 aliphatic heterocycles. The van der Waals surface area contributed by atoms with Crippen molar-refractivity contribution in [3.05, 3.63) is 53.6 Å². The molecule has 0 fully saturated rings. The first kappa shape index (κ1) is 20.0. The van der Waals surface area contributed by atoms with Gasteiger partial charge in [0.25, 0.3) is 5.91 Å². The lowest BCUT2D eigenvalue weighted by molar-refractivity contribution is -0.137. The van der Waals surface area contributed by atoms with Crippen LogP contribution in [0.4, 0.5) is 5.69 Å². The first-order valence-electron chi connectivity index (χ1n) is 8.82. The summed E-state index contributed by atoms with van der Waals surface area (Å²) in [5.41, 5.74) is 2.31. The number of likely N-dealkylation sites (N-methyl/N-ethyl adjacent to an activating group) is 1. The van der Waals surface area contributed by atoms with Crippen LogP contribution in [0, 0.1) is 6.92 Å². The number of anilines is 1. The fraction of sp³-hybridized carbons (Fsp3) is 0.350. The largest absolute Gasteiger partial charge is 0.497 e. The Morgan fingerprint density at radius 3 is 2.54 bits per heavy atom. The van der Waals surface area contributed by atoms with Crippen LogP contribution < -0.4 is 13.8 Å². The Kier molecular flexibility index (Phi) is 5.51. The van der Waals surface area contributed by atoms with Gasteiger partial charge in [0, 0.05) is 13.6 Å². The maximum absolute atomic E-state index is 12.9. The van der Waals surface area contributed by atoms with E-state index in [1.54, 1.807) is 26.3 Å². The molecule has 0 unspecified atom stereocenters. The number of nitrogens with zero attached hydrogens (tertiary/aromatic N) is 2. The molecule has 0 radical (unpaired) electrons. The molecule has 150 valence electrons. The zero-order valence-electron chi connectivity index (χ0n) is 16.4. The number of carbonyl (C=O) groups is 1. The predicted octanol–water partition coefficient (Wildman–Crippen LogP) is 2.19. The van der Waals surface area contributed by atoms with Gasteiger partial charge in [-0.15, -0.1) is 0 Å². The highest BCUT2D eigenvalue weighted by molar-refractivity contribution is 7.92. The third-order valence-corrected chi connectivity index (χ3v) is 5.76. The average Bonchev–Trinajstić information content (AvgIpc) is 2.66. The second-order valence-corrected chi connectivity index (χ2v) is 8.82. The molecule has 2 aromatic rings. The quantitative estimate of drug-likeness (QED) is 0.764. The summed E-state index contributed by atoms with van der Waals surface area (Å²) in [6.07, 6.45) is 0.223. The van der Waals surface area contributed by atoms with Crippen LogP contribution in [0.15, 0.2) is 42.5 Å². The molecule has 8 heteroatoms. The molecule has 28 heavy (non-hydrogen) atoms. The molecule has 1 heterocycles. The van der Waals surface area contributed by atoms with Gasteiger partial charge in [0.2, 0.25) is 10.0 Å². The van der Waals surface area contributed by atoms with Crippen molar-refractivity contribution in [2.75, 3.05) is 31.3 Å². The number of hydrogen-bond donors (Lipinski definition) is 0. The molecular formula is C20H24N2O5S. The fourth-order valence-corrected chi connectivity index (χ4v) is 4.04. The third kappa shape index (κ3) is 4.22. The summed E-state index contributed by atoms with van der Waals surface area (Å²) in [6.45, 7) is 2.20. The van der Waals surface area contributed by atoms with E-state index in [2.05, 4.69) is 0 Å². The second kappa shape index (κ2) is 7.71. The van der Waals surface area contributed by atoms with Gasteiger partial charge in [-0.1, -0.05) is 18.2 Å². The van der Waals surface area contributed by atoms with Crippen molar-refractivity contribution in [1.29, 1.82) is 0 Å². The minimum atomic E-state index is -3.55. The van der Waals surface area contributed by atoms with E-state index >= 15 is 0 Å². The summed E-state index contributed by atoms with van der Waals surface area (Å²) in [7, 11) is -0.279. The number of methoxy groups -OCH3 is 1. The SMILES string of the molecule is COc1ccc(CN(C)C(=O)[C@@H]2CN(S(C)(=O)=O)c3cc(C)ccc3O2)cc1. The fourth-order valence-electron chi connectivity index (χ4n) is 3.13. The van der Waals surface area contributed by atoms with E-state index < -0.39 is 16.1 Å². The zero-order valence-corrected chi connectivity index (χ0v) is 17.2. The van der Waals surface area contributed by atoms with E-state index in [0.29, 0.717) is 18.0 Å². The highest BCUT2D eigenvalue weighted by atomic mass is 32.2. The monoisotopic (exact) mass is 404 g/mol. The van der Waals surface area contributed by atoms with Gasteiger partial charge >= 0.3 is 0 Å². The second-order valence-electron chi connectivity index (χ2n) is 6.91. The first-order valence-corrected chi connectivity index (χ1v) is 10.7. The van der Waals surface area contributed by atoms with Crippen LogP contribution in [0.25, 0.3) is 0 Å².